The average Bonchev–Trinajstić information content (AvgIpc) is 2.51. The Bertz CT molecular complexity index is 285. The molecular weight excluding hydrogens is 253 g/mol. The monoisotopic (exact) mass is 278 g/mol. The van der Waals surface area contributed by atoms with Gasteiger partial charge in [-0.2, -0.15) is 13.2 Å². The fourth-order valence-electron chi connectivity index (χ4n) is 3.56. The summed E-state index contributed by atoms with van der Waals surface area (Å²) < 4.78 is 37.7. The van der Waals surface area contributed by atoms with Gasteiger partial charge in [0.2, 0.25) is 0 Å². The molecule has 1 saturated carbocycles. The van der Waals surface area contributed by atoms with Crippen LogP contribution in [0.4, 0.5) is 13.2 Å². The first-order chi connectivity index (χ1) is 8.90. The number of nitrogens with zero attached hydrogens (tertiary/aromatic N) is 1. The van der Waals surface area contributed by atoms with Crippen molar-refractivity contribution in [1.29, 1.82) is 0 Å². The van der Waals surface area contributed by atoms with E-state index in [0.29, 0.717) is 0 Å². The summed E-state index contributed by atoms with van der Waals surface area (Å²) >= 11 is 0. The van der Waals surface area contributed by atoms with Crippen molar-refractivity contribution in [3.63, 3.8) is 0 Å². The van der Waals surface area contributed by atoms with E-state index >= 15 is 0 Å². The molecule has 0 amide bonds. The molecule has 0 aromatic heterocycles. The Morgan fingerprint density at radius 3 is 2.47 bits per heavy atom. The van der Waals surface area contributed by atoms with Gasteiger partial charge in [-0.1, -0.05) is 19.3 Å². The van der Waals surface area contributed by atoms with Gasteiger partial charge in [-0.3, -0.25) is 4.90 Å². The Balaban J connectivity index is 1.99. The van der Waals surface area contributed by atoms with Gasteiger partial charge >= 0.3 is 6.18 Å². The molecule has 112 valence electrons. The molecule has 19 heavy (non-hydrogen) atoms. The van der Waals surface area contributed by atoms with Crippen LogP contribution < -0.4 is 5.32 Å². The largest absolute Gasteiger partial charge is 0.390 e. The molecule has 0 aromatic carbocycles. The third-order valence-corrected chi connectivity index (χ3v) is 4.59. The lowest BCUT2D eigenvalue weighted by atomic mass is 9.81. The molecule has 1 unspecified atom stereocenters. The Morgan fingerprint density at radius 2 is 1.84 bits per heavy atom. The minimum atomic E-state index is -4.06. The molecular formula is C14H25F3N2. The van der Waals surface area contributed by atoms with E-state index in [1.165, 1.54) is 19.3 Å². The lowest BCUT2D eigenvalue weighted by Crippen LogP contribution is -2.54. The Morgan fingerprint density at radius 1 is 1.16 bits per heavy atom. The maximum Gasteiger partial charge on any atom is 0.390 e. The number of hydrogen-bond donors (Lipinski definition) is 1. The summed E-state index contributed by atoms with van der Waals surface area (Å²) in [6.07, 6.45) is 2.10. The van der Waals surface area contributed by atoms with Gasteiger partial charge in [-0.25, -0.2) is 0 Å². The van der Waals surface area contributed by atoms with Gasteiger partial charge in [0.25, 0.3) is 0 Å². The molecule has 2 aliphatic rings. The molecule has 1 spiro atoms. The minimum absolute atomic E-state index is 0.0780. The highest BCUT2D eigenvalue weighted by Gasteiger charge is 2.38. The standard InChI is InChI=1S/C14H25F3N2/c1-12(10-14(15,16)17)19-9-5-8-18-13(11-19)6-3-2-4-7-13/h12,18H,2-11H2,1H3. The second kappa shape index (κ2) is 6.00. The second-order valence-corrected chi connectivity index (χ2v) is 6.26. The summed E-state index contributed by atoms with van der Waals surface area (Å²) in [6, 6.07) is -0.404. The zero-order valence-electron chi connectivity index (χ0n) is 11.7. The van der Waals surface area contributed by atoms with Crippen LogP contribution >= 0.6 is 0 Å². The van der Waals surface area contributed by atoms with Gasteiger partial charge in [-0.05, 0) is 39.3 Å². The Hall–Kier alpha value is -0.290. The molecule has 5 heteroatoms. The highest BCUT2D eigenvalue weighted by atomic mass is 19.4. The van der Waals surface area contributed by atoms with E-state index < -0.39 is 18.6 Å². The van der Waals surface area contributed by atoms with Crippen LogP contribution in [0, 0.1) is 0 Å². The fourth-order valence-corrected chi connectivity index (χ4v) is 3.56. The number of halogens is 3. The maximum atomic E-state index is 12.6. The molecule has 1 saturated heterocycles. The van der Waals surface area contributed by atoms with Crippen LogP contribution in [0.2, 0.25) is 0 Å². The quantitative estimate of drug-likeness (QED) is 0.833. The van der Waals surface area contributed by atoms with Crippen molar-refractivity contribution in [2.24, 2.45) is 0 Å². The van der Waals surface area contributed by atoms with Gasteiger partial charge in [0.05, 0.1) is 6.42 Å². The van der Waals surface area contributed by atoms with Gasteiger partial charge in [0.15, 0.2) is 0 Å². The predicted molar refractivity (Wildman–Crippen MR) is 70.1 cm³/mol. The van der Waals surface area contributed by atoms with E-state index in [-0.39, 0.29) is 5.54 Å². The van der Waals surface area contributed by atoms with Crippen molar-refractivity contribution in [1.82, 2.24) is 10.2 Å². The average molecular weight is 278 g/mol. The first kappa shape index (κ1) is 15.1. The van der Waals surface area contributed by atoms with Gasteiger partial charge in [0.1, 0.15) is 0 Å². The maximum absolute atomic E-state index is 12.6. The summed E-state index contributed by atoms with van der Waals surface area (Å²) in [7, 11) is 0. The van der Waals surface area contributed by atoms with Gasteiger partial charge in [-0.15, -0.1) is 0 Å². The molecule has 2 fully saturated rings. The summed E-state index contributed by atoms with van der Waals surface area (Å²) in [5, 5.41) is 3.62. The molecule has 1 atom stereocenters. The highest BCUT2D eigenvalue weighted by molar-refractivity contribution is 4.96. The van der Waals surface area contributed by atoms with E-state index in [0.717, 1.165) is 38.9 Å². The van der Waals surface area contributed by atoms with E-state index in [2.05, 4.69) is 10.2 Å². The lowest BCUT2D eigenvalue weighted by molar-refractivity contribution is -0.146. The molecule has 0 radical (unpaired) electrons. The third-order valence-electron chi connectivity index (χ3n) is 4.59. The third kappa shape index (κ3) is 4.35. The van der Waals surface area contributed by atoms with Crippen molar-refractivity contribution in [3.8, 4) is 0 Å². The van der Waals surface area contributed by atoms with Crippen LogP contribution in [0.1, 0.15) is 51.9 Å². The minimum Gasteiger partial charge on any atom is -0.310 e. The van der Waals surface area contributed by atoms with Crippen LogP contribution in [0.25, 0.3) is 0 Å². The molecule has 1 heterocycles. The molecule has 0 bridgehead atoms. The van der Waals surface area contributed by atoms with Crippen LogP contribution in [-0.4, -0.2) is 42.3 Å². The summed E-state index contributed by atoms with van der Waals surface area (Å²) in [6.45, 7) is 4.22. The second-order valence-electron chi connectivity index (χ2n) is 6.26. The smallest absolute Gasteiger partial charge is 0.310 e. The highest BCUT2D eigenvalue weighted by Crippen LogP contribution is 2.32. The van der Waals surface area contributed by atoms with Gasteiger partial charge in [0, 0.05) is 18.1 Å². The number of rotatable bonds is 2. The van der Waals surface area contributed by atoms with E-state index in [9.17, 15) is 13.2 Å². The normalized spacial score (nSPS) is 27.2. The van der Waals surface area contributed by atoms with Crippen LogP contribution in [0.15, 0.2) is 0 Å². The van der Waals surface area contributed by atoms with Gasteiger partial charge < -0.3 is 5.32 Å². The Labute approximate surface area is 113 Å². The van der Waals surface area contributed by atoms with Crippen LogP contribution in [0.5, 0.6) is 0 Å². The predicted octanol–water partition coefficient (Wildman–Crippen LogP) is 3.33. The zero-order chi connectivity index (χ0) is 13.9. The molecule has 1 aliphatic carbocycles. The van der Waals surface area contributed by atoms with Crippen molar-refractivity contribution in [2.45, 2.75) is 69.6 Å². The first-order valence-corrected chi connectivity index (χ1v) is 7.46. The number of alkyl halides is 3. The molecule has 2 nitrogen and oxygen atoms in total. The molecule has 1 N–H and O–H groups in total. The van der Waals surface area contributed by atoms with Crippen molar-refractivity contribution < 1.29 is 13.2 Å². The summed E-state index contributed by atoms with van der Waals surface area (Å²) in [5.74, 6) is 0. The summed E-state index contributed by atoms with van der Waals surface area (Å²) in [4.78, 5) is 2.05. The van der Waals surface area contributed by atoms with Crippen molar-refractivity contribution >= 4 is 0 Å². The number of nitrogens with one attached hydrogen (secondary N) is 1. The number of hydrogen-bond acceptors (Lipinski definition) is 2. The molecule has 1 aliphatic heterocycles. The Kier molecular flexibility index (Phi) is 4.77. The molecule has 2 rings (SSSR count). The van der Waals surface area contributed by atoms with Crippen LogP contribution in [-0.2, 0) is 0 Å². The van der Waals surface area contributed by atoms with Crippen molar-refractivity contribution in [3.05, 3.63) is 0 Å². The van der Waals surface area contributed by atoms with E-state index in [4.69, 9.17) is 0 Å². The summed E-state index contributed by atoms with van der Waals surface area (Å²) in [5.41, 5.74) is 0.0780. The van der Waals surface area contributed by atoms with Crippen molar-refractivity contribution in [2.75, 3.05) is 19.6 Å². The SMILES string of the molecule is CC(CC(F)(F)F)N1CCCNC2(CCCCC2)C1. The zero-order valence-corrected chi connectivity index (χ0v) is 11.7. The molecule has 0 aromatic rings. The van der Waals surface area contributed by atoms with E-state index in [1.54, 1.807) is 6.92 Å². The fraction of sp³-hybridized carbons (Fsp3) is 1.00. The lowest BCUT2D eigenvalue weighted by Gasteiger charge is -2.41. The first-order valence-electron chi connectivity index (χ1n) is 7.46. The van der Waals surface area contributed by atoms with E-state index in [1.807, 2.05) is 0 Å². The van der Waals surface area contributed by atoms with Crippen LogP contribution in [0.3, 0.4) is 0 Å². The topological polar surface area (TPSA) is 15.3 Å².